The minimum Gasteiger partial charge on any atom is -0.444 e. The Hall–Kier alpha value is -0.810. The molecule has 1 N–H and O–H groups in total. The van der Waals surface area contributed by atoms with Gasteiger partial charge in [-0.3, -0.25) is 0 Å². The standard InChI is InChI=1S/C12H23NO4/c1-12(2,3)17-11(15)13-6-5-9(14)7-10(8-13)16-4/h9-10,14H,5-8H2,1-4H3. The first kappa shape index (κ1) is 14.3. The summed E-state index contributed by atoms with van der Waals surface area (Å²) in [7, 11) is 1.59. The lowest BCUT2D eigenvalue weighted by Crippen LogP contribution is -2.40. The van der Waals surface area contributed by atoms with Crippen molar-refractivity contribution in [3.8, 4) is 0 Å². The van der Waals surface area contributed by atoms with Gasteiger partial charge in [0.25, 0.3) is 0 Å². The molecule has 2 atom stereocenters. The Morgan fingerprint density at radius 3 is 2.59 bits per heavy atom. The zero-order chi connectivity index (χ0) is 13.1. The van der Waals surface area contributed by atoms with Crippen LogP contribution in [0.3, 0.4) is 0 Å². The number of aliphatic hydroxyl groups excluding tert-OH is 1. The topological polar surface area (TPSA) is 59.0 Å². The maximum Gasteiger partial charge on any atom is 0.410 e. The van der Waals surface area contributed by atoms with Gasteiger partial charge >= 0.3 is 6.09 Å². The average molecular weight is 245 g/mol. The number of carbonyl (C=O) groups is 1. The van der Waals surface area contributed by atoms with Crippen molar-refractivity contribution in [1.29, 1.82) is 0 Å². The second-order valence-electron chi connectivity index (χ2n) is 5.46. The molecule has 1 rings (SSSR count). The summed E-state index contributed by atoms with van der Waals surface area (Å²) in [6.07, 6.45) is 0.260. The Bertz CT molecular complexity index is 262. The van der Waals surface area contributed by atoms with Gasteiger partial charge in [0.05, 0.1) is 18.8 Å². The van der Waals surface area contributed by atoms with Crippen LogP contribution in [0.5, 0.6) is 0 Å². The second-order valence-corrected chi connectivity index (χ2v) is 5.46. The summed E-state index contributed by atoms with van der Waals surface area (Å²) in [5.41, 5.74) is -0.495. The molecule has 0 aromatic heterocycles. The molecule has 0 spiro atoms. The first-order valence-corrected chi connectivity index (χ1v) is 6.00. The van der Waals surface area contributed by atoms with Crippen LogP contribution in [0.15, 0.2) is 0 Å². The highest BCUT2D eigenvalue weighted by atomic mass is 16.6. The lowest BCUT2D eigenvalue weighted by molar-refractivity contribution is 0.00979. The average Bonchev–Trinajstić information content (AvgIpc) is 2.37. The molecule has 100 valence electrons. The van der Waals surface area contributed by atoms with Crippen LogP contribution in [-0.2, 0) is 9.47 Å². The van der Waals surface area contributed by atoms with Crippen LogP contribution < -0.4 is 0 Å². The van der Waals surface area contributed by atoms with Crippen molar-refractivity contribution in [2.45, 2.75) is 51.4 Å². The molecule has 0 bridgehead atoms. The van der Waals surface area contributed by atoms with Crippen molar-refractivity contribution < 1.29 is 19.4 Å². The number of amides is 1. The first-order chi connectivity index (χ1) is 7.81. The second kappa shape index (κ2) is 5.69. The largest absolute Gasteiger partial charge is 0.444 e. The molecule has 0 aliphatic carbocycles. The molecule has 0 aromatic carbocycles. The van der Waals surface area contributed by atoms with E-state index in [2.05, 4.69) is 0 Å². The van der Waals surface area contributed by atoms with Gasteiger partial charge in [0.15, 0.2) is 0 Å². The van der Waals surface area contributed by atoms with Gasteiger partial charge < -0.3 is 19.5 Å². The smallest absolute Gasteiger partial charge is 0.410 e. The summed E-state index contributed by atoms with van der Waals surface area (Å²) in [5, 5.41) is 9.66. The molecule has 17 heavy (non-hydrogen) atoms. The number of carbonyl (C=O) groups excluding carboxylic acids is 1. The van der Waals surface area contributed by atoms with Crippen molar-refractivity contribution in [2.24, 2.45) is 0 Å². The molecular weight excluding hydrogens is 222 g/mol. The van der Waals surface area contributed by atoms with E-state index in [4.69, 9.17) is 9.47 Å². The van der Waals surface area contributed by atoms with Crippen molar-refractivity contribution >= 4 is 6.09 Å². The number of methoxy groups -OCH3 is 1. The van der Waals surface area contributed by atoms with Gasteiger partial charge in [0, 0.05) is 20.1 Å². The zero-order valence-electron chi connectivity index (χ0n) is 11.1. The normalized spacial score (nSPS) is 26.5. The third-order valence-electron chi connectivity index (χ3n) is 2.68. The molecule has 0 radical (unpaired) electrons. The molecule has 0 saturated carbocycles. The van der Waals surface area contributed by atoms with Crippen LogP contribution in [0.25, 0.3) is 0 Å². The third kappa shape index (κ3) is 4.91. The molecule has 0 aromatic rings. The van der Waals surface area contributed by atoms with Crippen LogP contribution in [0.1, 0.15) is 33.6 Å². The summed E-state index contributed by atoms with van der Waals surface area (Å²) in [4.78, 5) is 13.5. The first-order valence-electron chi connectivity index (χ1n) is 6.00. The maximum atomic E-state index is 11.9. The van der Waals surface area contributed by atoms with E-state index in [-0.39, 0.29) is 12.2 Å². The number of nitrogens with zero attached hydrogens (tertiary/aromatic N) is 1. The maximum absolute atomic E-state index is 11.9. The highest BCUT2D eigenvalue weighted by Gasteiger charge is 2.28. The third-order valence-corrected chi connectivity index (χ3v) is 2.68. The number of hydrogen-bond donors (Lipinski definition) is 1. The quantitative estimate of drug-likeness (QED) is 0.758. The molecule has 5 nitrogen and oxygen atoms in total. The van der Waals surface area contributed by atoms with E-state index in [1.165, 1.54) is 0 Å². The van der Waals surface area contributed by atoms with E-state index in [0.29, 0.717) is 25.9 Å². The minimum atomic E-state index is -0.495. The zero-order valence-corrected chi connectivity index (χ0v) is 11.1. The summed E-state index contributed by atoms with van der Waals surface area (Å²) in [5.74, 6) is 0. The van der Waals surface area contributed by atoms with E-state index < -0.39 is 11.7 Å². The summed E-state index contributed by atoms with van der Waals surface area (Å²) < 4.78 is 10.6. The SMILES string of the molecule is COC1CC(O)CCN(C(=O)OC(C)(C)C)C1. The predicted molar refractivity (Wildman–Crippen MR) is 63.8 cm³/mol. The van der Waals surface area contributed by atoms with E-state index >= 15 is 0 Å². The monoisotopic (exact) mass is 245 g/mol. The fourth-order valence-corrected chi connectivity index (χ4v) is 1.80. The van der Waals surface area contributed by atoms with E-state index in [9.17, 15) is 9.90 Å². The van der Waals surface area contributed by atoms with Crippen molar-refractivity contribution in [1.82, 2.24) is 4.90 Å². The number of hydrogen-bond acceptors (Lipinski definition) is 4. The molecule has 1 aliphatic heterocycles. The molecular formula is C12H23NO4. The van der Waals surface area contributed by atoms with Gasteiger partial charge in [-0.05, 0) is 27.2 Å². The van der Waals surface area contributed by atoms with Crippen LogP contribution in [-0.4, -0.2) is 54.1 Å². The van der Waals surface area contributed by atoms with Crippen LogP contribution in [0.2, 0.25) is 0 Å². The molecule has 1 heterocycles. The number of ether oxygens (including phenoxy) is 2. The van der Waals surface area contributed by atoms with Crippen molar-refractivity contribution in [2.75, 3.05) is 20.2 Å². The van der Waals surface area contributed by atoms with Crippen molar-refractivity contribution in [3.05, 3.63) is 0 Å². The minimum absolute atomic E-state index is 0.125. The fraction of sp³-hybridized carbons (Fsp3) is 0.917. The number of rotatable bonds is 1. The van der Waals surface area contributed by atoms with Gasteiger partial charge in [0.2, 0.25) is 0 Å². The van der Waals surface area contributed by atoms with Crippen molar-refractivity contribution in [3.63, 3.8) is 0 Å². The van der Waals surface area contributed by atoms with E-state index in [0.717, 1.165) is 0 Å². The van der Waals surface area contributed by atoms with Gasteiger partial charge in [-0.15, -0.1) is 0 Å². The molecule has 5 heteroatoms. The van der Waals surface area contributed by atoms with Crippen LogP contribution in [0.4, 0.5) is 4.79 Å². The Morgan fingerprint density at radius 2 is 2.06 bits per heavy atom. The fourth-order valence-electron chi connectivity index (χ4n) is 1.80. The number of aliphatic hydroxyl groups is 1. The molecule has 1 fully saturated rings. The molecule has 2 unspecified atom stereocenters. The summed E-state index contributed by atoms with van der Waals surface area (Å²) in [6, 6.07) is 0. The summed E-state index contributed by atoms with van der Waals surface area (Å²) >= 11 is 0. The van der Waals surface area contributed by atoms with Gasteiger partial charge in [-0.25, -0.2) is 4.79 Å². The highest BCUT2D eigenvalue weighted by molar-refractivity contribution is 5.68. The highest BCUT2D eigenvalue weighted by Crippen LogP contribution is 2.17. The Morgan fingerprint density at radius 1 is 1.41 bits per heavy atom. The van der Waals surface area contributed by atoms with E-state index in [1.54, 1.807) is 12.0 Å². The molecule has 1 saturated heterocycles. The lowest BCUT2D eigenvalue weighted by atomic mass is 10.1. The van der Waals surface area contributed by atoms with Gasteiger partial charge in [-0.1, -0.05) is 0 Å². The van der Waals surface area contributed by atoms with E-state index in [1.807, 2.05) is 20.8 Å². The van der Waals surface area contributed by atoms with Gasteiger partial charge in [0.1, 0.15) is 5.60 Å². The number of likely N-dealkylation sites (tertiary alicyclic amines) is 1. The molecule has 1 aliphatic rings. The van der Waals surface area contributed by atoms with Gasteiger partial charge in [-0.2, -0.15) is 0 Å². The Balaban J connectivity index is 2.60. The Labute approximate surface area is 103 Å². The summed E-state index contributed by atoms with van der Waals surface area (Å²) in [6.45, 7) is 6.50. The lowest BCUT2D eigenvalue weighted by Gasteiger charge is -2.27. The molecule has 1 amide bonds. The predicted octanol–water partition coefficient (Wildman–Crippen LogP) is 1.39. The van der Waals surface area contributed by atoms with Crippen LogP contribution >= 0.6 is 0 Å². The Kier molecular flexibility index (Phi) is 4.77. The van der Waals surface area contributed by atoms with Crippen LogP contribution in [0, 0.1) is 0 Å².